The normalized spacial score (nSPS) is 17.5. The van der Waals surface area contributed by atoms with Crippen molar-refractivity contribution >= 4 is 17.7 Å². The monoisotopic (exact) mass is 318 g/mol. The van der Waals surface area contributed by atoms with Crippen LogP contribution in [0.5, 0.6) is 0 Å². The van der Waals surface area contributed by atoms with Crippen LogP contribution in [0, 0.1) is 19.8 Å². The molecule has 2 rings (SSSR count). The number of rotatable bonds is 6. The first kappa shape index (κ1) is 17.3. The highest BCUT2D eigenvalue weighted by molar-refractivity contribution is 5.90. The molecule has 126 valence electrons. The number of carbonyl (C=O) groups is 2. The molecule has 23 heavy (non-hydrogen) atoms. The fourth-order valence-corrected chi connectivity index (χ4v) is 2.75. The minimum atomic E-state index is -0.352. The molecule has 1 fully saturated rings. The van der Waals surface area contributed by atoms with E-state index in [0.29, 0.717) is 13.1 Å². The van der Waals surface area contributed by atoms with Crippen LogP contribution < -0.4 is 10.2 Å². The lowest BCUT2D eigenvalue weighted by atomic mass is 10.0. The topological polar surface area (TPSA) is 58.6 Å². The van der Waals surface area contributed by atoms with Crippen LogP contribution in [0.3, 0.4) is 0 Å². The summed E-state index contributed by atoms with van der Waals surface area (Å²) in [7, 11) is 0. The van der Waals surface area contributed by atoms with Crippen LogP contribution >= 0.6 is 0 Å². The number of nitrogens with zero attached hydrogens (tertiary/aromatic N) is 1. The zero-order valence-electron chi connectivity index (χ0n) is 14.4. The molecular weight excluding hydrogens is 292 g/mol. The second-order valence-corrected chi connectivity index (χ2v) is 6.14. The third kappa shape index (κ3) is 4.03. The van der Waals surface area contributed by atoms with Crippen molar-refractivity contribution in [2.75, 3.05) is 18.0 Å². The Kier molecular flexibility index (Phi) is 5.64. The molecule has 1 N–H and O–H groups in total. The maximum atomic E-state index is 12.1. The quantitative estimate of drug-likeness (QED) is 0.876. The molecule has 1 aromatic carbocycles. The van der Waals surface area contributed by atoms with Crippen molar-refractivity contribution in [3.63, 3.8) is 0 Å². The Balaban J connectivity index is 1.94. The number of anilines is 1. The average Bonchev–Trinajstić information content (AvgIpc) is 2.90. The molecule has 0 spiro atoms. The molecule has 2 amide bonds. The molecule has 5 nitrogen and oxygen atoms in total. The molecule has 5 heteroatoms. The highest BCUT2D eigenvalue weighted by Gasteiger charge is 2.32. The average molecular weight is 318 g/mol. The van der Waals surface area contributed by atoms with Crippen LogP contribution in [0.15, 0.2) is 18.2 Å². The van der Waals surface area contributed by atoms with E-state index in [1.807, 2.05) is 45.9 Å². The zero-order chi connectivity index (χ0) is 17.0. The van der Waals surface area contributed by atoms with Gasteiger partial charge < -0.3 is 10.1 Å². The van der Waals surface area contributed by atoms with Crippen molar-refractivity contribution in [2.24, 2.45) is 5.92 Å². The second kappa shape index (κ2) is 7.49. The maximum absolute atomic E-state index is 12.1. The fraction of sp³-hybridized carbons (Fsp3) is 0.556. The summed E-state index contributed by atoms with van der Waals surface area (Å²) in [6.45, 7) is 8.90. The number of cyclic esters (lactones) is 1. The summed E-state index contributed by atoms with van der Waals surface area (Å²) in [5.74, 6) is 0.0682. The molecular formula is C18H26N2O3. The molecule has 1 atom stereocenters. The van der Waals surface area contributed by atoms with Crippen LogP contribution in [-0.2, 0) is 9.53 Å². The SMILES string of the molecule is CCC(CC)C(=O)NCC1CN(c2ccc(C)c(C)c2)C(=O)O1. The van der Waals surface area contributed by atoms with Crippen molar-refractivity contribution in [2.45, 2.75) is 46.6 Å². The van der Waals surface area contributed by atoms with Crippen molar-refractivity contribution in [3.05, 3.63) is 29.3 Å². The lowest BCUT2D eigenvalue weighted by Gasteiger charge is -2.16. The van der Waals surface area contributed by atoms with Gasteiger partial charge in [-0.3, -0.25) is 9.69 Å². The molecule has 1 saturated heterocycles. The Hall–Kier alpha value is -2.04. The minimum absolute atomic E-state index is 0.0305. The summed E-state index contributed by atoms with van der Waals surface area (Å²) in [4.78, 5) is 25.7. The first-order chi connectivity index (χ1) is 11.0. The van der Waals surface area contributed by atoms with E-state index in [9.17, 15) is 9.59 Å². The van der Waals surface area contributed by atoms with Gasteiger partial charge in [-0.25, -0.2) is 4.79 Å². The highest BCUT2D eigenvalue weighted by Crippen LogP contribution is 2.24. The third-order valence-electron chi connectivity index (χ3n) is 4.54. The summed E-state index contributed by atoms with van der Waals surface area (Å²) >= 11 is 0. The lowest BCUT2D eigenvalue weighted by molar-refractivity contribution is -0.125. The van der Waals surface area contributed by atoms with E-state index in [4.69, 9.17) is 4.74 Å². The van der Waals surface area contributed by atoms with E-state index in [1.165, 1.54) is 5.56 Å². The van der Waals surface area contributed by atoms with Gasteiger partial charge in [0.05, 0.1) is 13.1 Å². The summed E-state index contributed by atoms with van der Waals surface area (Å²) in [6.07, 6.45) is 0.987. The summed E-state index contributed by atoms with van der Waals surface area (Å²) in [6, 6.07) is 5.91. The molecule has 0 bridgehead atoms. The molecule has 1 aliphatic heterocycles. The zero-order valence-corrected chi connectivity index (χ0v) is 14.4. The van der Waals surface area contributed by atoms with Crippen molar-refractivity contribution in [1.29, 1.82) is 0 Å². The van der Waals surface area contributed by atoms with E-state index in [0.717, 1.165) is 24.1 Å². The van der Waals surface area contributed by atoms with E-state index in [-0.39, 0.29) is 24.0 Å². The number of benzene rings is 1. The molecule has 0 aliphatic carbocycles. The Morgan fingerprint density at radius 3 is 2.61 bits per heavy atom. The number of amides is 2. The standard InChI is InChI=1S/C18H26N2O3/c1-5-14(6-2)17(21)19-10-16-11-20(18(22)23-16)15-8-7-12(3)13(4)9-15/h7-9,14,16H,5-6,10-11H2,1-4H3,(H,19,21). The lowest BCUT2D eigenvalue weighted by Crippen LogP contribution is -2.37. The van der Waals surface area contributed by atoms with E-state index in [2.05, 4.69) is 5.32 Å². The van der Waals surface area contributed by atoms with Crippen molar-refractivity contribution in [1.82, 2.24) is 5.32 Å². The van der Waals surface area contributed by atoms with Gasteiger partial charge in [0.15, 0.2) is 0 Å². The highest BCUT2D eigenvalue weighted by atomic mass is 16.6. The second-order valence-electron chi connectivity index (χ2n) is 6.14. The number of nitrogens with one attached hydrogen (secondary N) is 1. The van der Waals surface area contributed by atoms with E-state index in [1.54, 1.807) is 4.90 Å². The van der Waals surface area contributed by atoms with Crippen LogP contribution in [0.1, 0.15) is 37.8 Å². The third-order valence-corrected chi connectivity index (χ3v) is 4.54. The maximum Gasteiger partial charge on any atom is 0.414 e. The van der Waals surface area contributed by atoms with E-state index >= 15 is 0 Å². The molecule has 0 radical (unpaired) electrons. The van der Waals surface area contributed by atoms with Gasteiger partial charge in [-0.2, -0.15) is 0 Å². The van der Waals surface area contributed by atoms with Crippen LogP contribution in [0.4, 0.5) is 10.5 Å². The Morgan fingerprint density at radius 1 is 1.30 bits per heavy atom. The number of hydrogen-bond acceptors (Lipinski definition) is 3. The molecule has 1 heterocycles. The number of ether oxygens (including phenoxy) is 1. The van der Waals surface area contributed by atoms with Gasteiger partial charge >= 0.3 is 6.09 Å². The largest absolute Gasteiger partial charge is 0.442 e. The number of carbonyl (C=O) groups excluding carboxylic acids is 2. The van der Waals surface area contributed by atoms with Crippen LogP contribution in [0.25, 0.3) is 0 Å². The van der Waals surface area contributed by atoms with Crippen molar-refractivity contribution < 1.29 is 14.3 Å². The first-order valence-electron chi connectivity index (χ1n) is 8.29. The summed E-state index contributed by atoms with van der Waals surface area (Å²) in [5, 5.41) is 2.90. The number of aryl methyl sites for hydroxylation is 2. The molecule has 0 saturated carbocycles. The predicted octanol–water partition coefficient (Wildman–Crippen LogP) is 3.18. The van der Waals surface area contributed by atoms with Gasteiger partial charge in [-0.15, -0.1) is 0 Å². The van der Waals surface area contributed by atoms with Gasteiger partial charge in [0.1, 0.15) is 6.10 Å². The van der Waals surface area contributed by atoms with Gasteiger partial charge in [0.25, 0.3) is 0 Å². The van der Waals surface area contributed by atoms with Gasteiger partial charge in [-0.1, -0.05) is 19.9 Å². The minimum Gasteiger partial charge on any atom is -0.442 e. The number of hydrogen-bond donors (Lipinski definition) is 1. The molecule has 1 unspecified atom stereocenters. The smallest absolute Gasteiger partial charge is 0.414 e. The van der Waals surface area contributed by atoms with E-state index < -0.39 is 0 Å². The van der Waals surface area contributed by atoms with Crippen LogP contribution in [0.2, 0.25) is 0 Å². The Bertz CT molecular complexity index is 582. The molecule has 1 aliphatic rings. The summed E-state index contributed by atoms with van der Waals surface area (Å²) in [5.41, 5.74) is 3.17. The van der Waals surface area contributed by atoms with Gasteiger partial charge in [0.2, 0.25) is 5.91 Å². The van der Waals surface area contributed by atoms with Crippen LogP contribution in [-0.4, -0.2) is 31.2 Å². The Morgan fingerprint density at radius 2 is 2.00 bits per heavy atom. The van der Waals surface area contributed by atoms with Gasteiger partial charge in [-0.05, 0) is 49.9 Å². The Labute approximate surface area is 138 Å². The molecule has 1 aromatic rings. The predicted molar refractivity (Wildman–Crippen MR) is 90.6 cm³/mol. The summed E-state index contributed by atoms with van der Waals surface area (Å²) < 4.78 is 5.37. The molecule has 0 aromatic heterocycles. The fourth-order valence-electron chi connectivity index (χ4n) is 2.75. The first-order valence-corrected chi connectivity index (χ1v) is 8.29. The van der Waals surface area contributed by atoms with Gasteiger partial charge in [0, 0.05) is 11.6 Å². The van der Waals surface area contributed by atoms with Crippen molar-refractivity contribution in [3.8, 4) is 0 Å².